The predicted molar refractivity (Wildman–Crippen MR) is 69.0 cm³/mol. The molecule has 0 saturated heterocycles. The smallest absolute Gasteiger partial charge is 0.134 e. The van der Waals surface area contributed by atoms with Crippen molar-refractivity contribution in [1.29, 1.82) is 0 Å². The van der Waals surface area contributed by atoms with Gasteiger partial charge in [-0.3, -0.25) is 0 Å². The van der Waals surface area contributed by atoms with E-state index >= 15 is 0 Å². The normalized spacial score (nSPS) is 10.8. The van der Waals surface area contributed by atoms with E-state index in [-0.39, 0.29) is 0 Å². The first kappa shape index (κ1) is 13.2. The fraction of sp³-hybridized carbons (Fsp3) is 0.364. The summed E-state index contributed by atoms with van der Waals surface area (Å²) in [4.78, 5) is 5.69. The van der Waals surface area contributed by atoms with Gasteiger partial charge in [0.05, 0.1) is 18.2 Å². The van der Waals surface area contributed by atoms with Gasteiger partial charge in [-0.15, -0.1) is 11.8 Å². The second-order valence-corrected chi connectivity index (χ2v) is 4.59. The Balaban J connectivity index is 3.20. The molecule has 0 aliphatic heterocycles. The molecular formula is C11H14ClNO2S. The van der Waals surface area contributed by atoms with Gasteiger partial charge in [0, 0.05) is 10.6 Å². The SMILES string of the molecule is CCSc1c(/C=N\OC)cc(Cl)cc1OC. The highest BCUT2D eigenvalue weighted by molar-refractivity contribution is 7.99. The quantitative estimate of drug-likeness (QED) is 0.461. The Hall–Kier alpha value is -0.870. The lowest BCUT2D eigenvalue weighted by molar-refractivity contribution is 0.215. The van der Waals surface area contributed by atoms with Crippen molar-refractivity contribution in [3.63, 3.8) is 0 Å². The summed E-state index contributed by atoms with van der Waals surface area (Å²) in [6.45, 7) is 2.08. The molecule has 1 aromatic carbocycles. The van der Waals surface area contributed by atoms with Gasteiger partial charge in [-0.05, 0) is 17.9 Å². The molecule has 0 atom stereocenters. The van der Waals surface area contributed by atoms with Gasteiger partial charge in [0.1, 0.15) is 12.9 Å². The summed E-state index contributed by atoms with van der Waals surface area (Å²) in [5.41, 5.74) is 0.901. The van der Waals surface area contributed by atoms with Crippen LogP contribution in [-0.2, 0) is 4.84 Å². The first-order valence-electron chi connectivity index (χ1n) is 4.79. The molecule has 0 fully saturated rings. The molecule has 88 valence electrons. The third kappa shape index (κ3) is 3.32. The summed E-state index contributed by atoms with van der Waals surface area (Å²) in [7, 11) is 3.13. The lowest BCUT2D eigenvalue weighted by Crippen LogP contribution is -1.93. The summed E-state index contributed by atoms with van der Waals surface area (Å²) >= 11 is 7.67. The van der Waals surface area contributed by atoms with Crippen LogP contribution in [0.3, 0.4) is 0 Å². The Morgan fingerprint density at radius 3 is 2.75 bits per heavy atom. The van der Waals surface area contributed by atoms with Crippen LogP contribution in [-0.4, -0.2) is 26.2 Å². The van der Waals surface area contributed by atoms with E-state index in [1.165, 1.54) is 7.11 Å². The number of methoxy groups -OCH3 is 1. The van der Waals surface area contributed by atoms with Gasteiger partial charge in [-0.2, -0.15) is 0 Å². The number of hydrogen-bond donors (Lipinski definition) is 0. The summed E-state index contributed by atoms with van der Waals surface area (Å²) in [6.07, 6.45) is 1.63. The predicted octanol–water partition coefficient (Wildman–Crippen LogP) is 3.44. The minimum absolute atomic E-state index is 0.620. The molecule has 5 heteroatoms. The number of rotatable bonds is 5. The number of ether oxygens (including phenoxy) is 1. The van der Waals surface area contributed by atoms with Crippen LogP contribution < -0.4 is 4.74 Å². The minimum atomic E-state index is 0.620. The topological polar surface area (TPSA) is 30.8 Å². The zero-order valence-corrected chi connectivity index (χ0v) is 11.1. The third-order valence-electron chi connectivity index (χ3n) is 1.85. The van der Waals surface area contributed by atoms with Gasteiger partial charge in [0.25, 0.3) is 0 Å². The van der Waals surface area contributed by atoms with Crippen LogP contribution in [0.4, 0.5) is 0 Å². The molecular weight excluding hydrogens is 246 g/mol. The largest absolute Gasteiger partial charge is 0.496 e. The van der Waals surface area contributed by atoms with E-state index in [0.717, 1.165) is 22.0 Å². The average molecular weight is 260 g/mol. The van der Waals surface area contributed by atoms with Crippen LogP contribution in [0, 0.1) is 0 Å². The first-order chi connectivity index (χ1) is 7.72. The van der Waals surface area contributed by atoms with Gasteiger partial charge in [0.2, 0.25) is 0 Å². The summed E-state index contributed by atoms with van der Waals surface area (Å²) in [5, 5.41) is 4.37. The summed E-state index contributed by atoms with van der Waals surface area (Å²) < 4.78 is 5.29. The van der Waals surface area contributed by atoms with Crippen molar-refractivity contribution >= 4 is 29.6 Å². The van der Waals surface area contributed by atoms with Crippen molar-refractivity contribution in [3.05, 3.63) is 22.7 Å². The zero-order valence-electron chi connectivity index (χ0n) is 9.49. The first-order valence-corrected chi connectivity index (χ1v) is 6.16. The number of nitrogens with zero attached hydrogens (tertiary/aromatic N) is 1. The maximum Gasteiger partial charge on any atom is 0.134 e. The monoisotopic (exact) mass is 259 g/mol. The average Bonchev–Trinajstić information content (AvgIpc) is 2.29. The molecule has 16 heavy (non-hydrogen) atoms. The minimum Gasteiger partial charge on any atom is -0.496 e. The fourth-order valence-corrected chi connectivity index (χ4v) is 2.31. The third-order valence-corrected chi connectivity index (χ3v) is 3.09. The second-order valence-electron chi connectivity index (χ2n) is 2.88. The molecule has 3 nitrogen and oxygen atoms in total. The number of hydrogen-bond acceptors (Lipinski definition) is 4. The van der Waals surface area contributed by atoms with Crippen molar-refractivity contribution in [1.82, 2.24) is 0 Å². The highest BCUT2D eigenvalue weighted by Crippen LogP contribution is 2.34. The Labute approximate surface area is 105 Å². The Morgan fingerprint density at radius 1 is 1.44 bits per heavy atom. The molecule has 0 unspecified atom stereocenters. The molecule has 0 spiro atoms. The van der Waals surface area contributed by atoms with E-state index < -0.39 is 0 Å². The Kier molecular flexibility index (Phi) is 5.49. The number of oxime groups is 1. The van der Waals surface area contributed by atoms with Crippen molar-refractivity contribution in [2.24, 2.45) is 5.16 Å². The van der Waals surface area contributed by atoms with Crippen molar-refractivity contribution < 1.29 is 9.57 Å². The van der Waals surface area contributed by atoms with E-state index in [0.29, 0.717) is 5.02 Å². The zero-order chi connectivity index (χ0) is 12.0. The Morgan fingerprint density at radius 2 is 2.19 bits per heavy atom. The van der Waals surface area contributed by atoms with E-state index in [1.807, 2.05) is 6.07 Å². The maximum atomic E-state index is 5.99. The molecule has 0 N–H and O–H groups in total. The van der Waals surface area contributed by atoms with Gasteiger partial charge >= 0.3 is 0 Å². The molecule has 0 bridgehead atoms. The molecule has 0 heterocycles. The standard InChI is InChI=1S/C11H14ClNO2S/c1-4-16-11-8(7-13-15-3)5-9(12)6-10(11)14-2/h5-7H,4H2,1-3H3/b13-7-. The van der Waals surface area contributed by atoms with Crippen molar-refractivity contribution in [2.45, 2.75) is 11.8 Å². The highest BCUT2D eigenvalue weighted by Gasteiger charge is 2.10. The molecule has 1 rings (SSSR count). The maximum absolute atomic E-state index is 5.99. The number of benzene rings is 1. The van der Waals surface area contributed by atoms with Crippen LogP contribution >= 0.6 is 23.4 Å². The van der Waals surface area contributed by atoms with Crippen LogP contribution in [0.15, 0.2) is 22.2 Å². The van der Waals surface area contributed by atoms with E-state index in [4.69, 9.17) is 16.3 Å². The highest BCUT2D eigenvalue weighted by atomic mass is 35.5. The second kappa shape index (κ2) is 6.66. The lowest BCUT2D eigenvalue weighted by atomic mass is 10.2. The van der Waals surface area contributed by atoms with E-state index in [1.54, 1.807) is 31.2 Å². The summed E-state index contributed by atoms with van der Waals surface area (Å²) in [5.74, 6) is 1.71. The van der Waals surface area contributed by atoms with Crippen LogP contribution in [0.2, 0.25) is 5.02 Å². The fourth-order valence-electron chi connectivity index (χ4n) is 1.24. The van der Waals surface area contributed by atoms with Crippen molar-refractivity contribution in [3.8, 4) is 5.75 Å². The molecule has 0 saturated carbocycles. The molecule has 0 aromatic heterocycles. The van der Waals surface area contributed by atoms with Gasteiger partial charge in [0.15, 0.2) is 0 Å². The summed E-state index contributed by atoms with van der Waals surface area (Å²) in [6, 6.07) is 3.63. The lowest BCUT2D eigenvalue weighted by Gasteiger charge is -2.10. The molecule has 1 aromatic rings. The molecule has 0 aliphatic carbocycles. The van der Waals surface area contributed by atoms with Gasteiger partial charge in [-0.25, -0.2) is 0 Å². The number of thioether (sulfide) groups is 1. The Bertz CT molecular complexity index is 382. The molecule has 0 amide bonds. The van der Waals surface area contributed by atoms with Gasteiger partial charge < -0.3 is 9.57 Å². The molecule has 0 aliphatic rings. The van der Waals surface area contributed by atoms with Gasteiger partial charge in [-0.1, -0.05) is 23.7 Å². The number of halogens is 1. The van der Waals surface area contributed by atoms with Crippen LogP contribution in [0.25, 0.3) is 0 Å². The van der Waals surface area contributed by atoms with Crippen molar-refractivity contribution in [2.75, 3.05) is 20.0 Å². The van der Waals surface area contributed by atoms with E-state index in [9.17, 15) is 0 Å². The van der Waals surface area contributed by atoms with Crippen LogP contribution in [0.1, 0.15) is 12.5 Å². The van der Waals surface area contributed by atoms with Crippen LogP contribution in [0.5, 0.6) is 5.75 Å². The van der Waals surface area contributed by atoms with E-state index in [2.05, 4.69) is 16.9 Å². The molecule has 0 radical (unpaired) electrons.